The maximum atomic E-state index is 12.7. The van der Waals surface area contributed by atoms with E-state index in [0.717, 1.165) is 89.9 Å². The Balaban J connectivity index is 3.95. The molecule has 9 nitrogen and oxygen atoms in total. The van der Waals surface area contributed by atoms with Gasteiger partial charge in [0.05, 0.1) is 13.2 Å². The summed E-state index contributed by atoms with van der Waals surface area (Å²) in [5.74, 6) is -0.864. The quantitative estimate of drug-likeness (QED) is 0.0264. The lowest BCUT2D eigenvalue weighted by atomic mass is 10.0. The summed E-state index contributed by atoms with van der Waals surface area (Å²) in [6, 6.07) is 0. The first-order valence-corrected chi connectivity index (χ1v) is 33.9. The van der Waals surface area contributed by atoms with Crippen LogP contribution in [0.5, 0.6) is 0 Å². The molecule has 0 bridgehead atoms. The number of carbonyl (C=O) groups is 2. The van der Waals surface area contributed by atoms with Crippen molar-refractivity contribution in [2.45, 2.75) is 290 Å². The summed E-state index contributed by atoms with van der Waals surface area (Å²) in [6.07, 6.45) is 87.4. The van der Waals surface area contributed by atoms with Crippen LogP contribution in [-0.4, -0.2) is 49.3 Å². The van der Waals surface area contributed by atoms with Crippen LogP contribution in [0.15, 0.2) is 109 Å². The van der Waals surface area contributed by atoms with E-state index >= 15 is 0 Å². The van der Waals surface area contributed by atoms with Gasteiger partial charge in [0.25, 0.3) is 0 Å². The summed E-state index contributed by atoms with van der Waals surface area (Å²) >= 11 is 0. The first kappa shape index (κ1) is 75.7. The lowest BCUT2D eigenvalue weighted by Gasteiger charge is -2.19. The molecular formula is C69H120NO8P. The van der Waals surface area contributed by atoms with Crippen LogP contribution in [0.1, 0.15) is 284 Å². The van der Waals surface area contributed by atoms with E-state index in [-0.39, 0.29) is 38.6 Å². The van der Waals surface area contributed by atoms with Crippen LogP contribution in [0, 0.1) is 0 Å². The standard InChI is InChI=1S/C69H120NO8P/c1-3-5-7-9-11-13-15-17-19-21-23-25-27-29-30-31-32-33-34-35-36-38-39-41-43-45-47-49-51-53-55-57-59-61-68(71)75-65-67(66-77-79(73,74)76-64-63-70)78-69(72)62-60-58-56-54-52-50-48-46-44-42-40-37-28-26-24-22-20-18-16-14-12-10-8-6-4-2/h6,8,12,14-15,17-18,20-21,23-24,26,37,40,44,46,50,52,67H,3-5,7,9-11,13,16,19,22,25,27-36,38-39,41-43,45,47-49,51,53-66,70H2,1-2H3,(H,73,74)/b8-6-,14-12-,17-15-,20-18-,23-21-,26-24-,40-37-,46-44-,52-50-. The maximum absolute atomic E-state index is 12.7. The van der Waals surface area contributed by atoms with E-state index < -0.39 is 26.5 Å². The third-order valence-corrected chi connectivity index (χ3v) is 14.6. The fourth-order valence-corrected chi connectivity index (χ4v) is 9.65. The highest BCUT2D eigenvalue weighted by molar-refractivity contribution is 7.47. The normalized spacial score (nSPS) is 13.7. The van der Waals surface area contributed by atoms with E-state index in [1.807, 2.05) is 0 Å². The third kappa shape index (κ3) is 63.7. The van der Waals surface area contributed by atoms with Gasteiger partial charge in [0.2, 0.25) is 0 Å². The first-order valence-electron chi connectivity index (χ1n) is 32.4. The van der Waals surface area contributed by atoms with Crippen LogP contribution in [0.2, 0.25) is 0 Å². The van der Waals surface area contributed by atoms with E-state index in [4.69, 9.17) is 24.3 Å². The van der Waals surface area contributed by atoms with Gasteiger partial charge < -0.3 is 20.1 Å². The molecule has 0 aliphatic carbocycles. The highest BCUT2D eigenvalue weighted by Crippen LogP contribution is 2.43. The molecule has 0 aromatic carbocycles. The van der Waals surface area contributed by atoms with Crippen molar-refractivity contribution in [1.82, 2.24) is 0 Å². The summed E-state index contributed by atoms with van der Waals surface area (Å²) in [5, 5.41) is 0. The molecule has 0 rings (SSSR count). The summed E-state index contributed by atoms with van der Waals surface area (Å²) < 4.78 is 33.1. The van der Waals surface area contributed by atoms with Crippen LogP contribution in [0.3, 0.4) is 0 Å². The second-order valence-corrected chi connectivity index (χ2v) is 22.7. The van der Waals surface area contributed by atoms with E-state index in [9.17, 15) is 19.0 Å². The number of carbonyl (C=O) groups excluding carboxylic acids is 2. The largest absolute Gasteiger partial charge is 0.472 e. The molecule has 2 atom stereocenters. The minimum atomic E-state index is -4.41. The molecule has 0 aliphatic heterocycles. The van der Waals surface area contributed by atoms with Gasteiger partial charge in [-0.2, -0.15) is 0 Å². The second-order valence-electron chi connectivity index (χ2n) is 21.2. The number of esters is 2. The van der Waals surface area contributed by atoms with Crippen LogP contribution >= 0.6 is 7.82 Å². The van der Waals surface area contributed by atoms with Crippen LogP contribution in [-0.2, 0) is 32.7 Å². The van der Waals surface area contributed by atoms with Gasteiger partial charge in [0.15, 0.2) is 6.10 Å². The lowest BCUT2D eigenvalue weighted by molar-refractivity contribution is -0.161. The zero-order valence-electron chi connectivity index (χ0n) is 50.8. The summed E-state index contributed by atoms with van der Waals surface area (Å²) in [5.41, 5.74) is 5.39. The van der Waals surface area contributed by atoms with Gasteiger partial charge in [-0.25, -0.2) is 4.57 Å². The Morgan fingerprint density at radius 1 is 0.392 bits per heavy atom. The molecule has 0 amide bonds. The van der Waals surface area contributed by atoms with Gasteiger partial charge in [0.1, 0.15) is 6.61 Å². The zero-order chi connectivity index (χ0) is 57.3. The Labute approximate surface area is 486 Å². The van der Waals surface area contributed by atoms with Crippen LogP contribution in [0.25, 0.3) is 0 Å². The van der Waals surface area contributed by atoms with Gasteiger partial charge in [0, 0.05) is 19.4 Å². The average molecular weight is 1120 g/mol. The second kappa shape index (κ2) is 63.8. The number of hydrogen-bond acceptors (Lipinski definition) is 8. The van der Waals surface area contributed by atoms with Crippen molar-refractivity contribution in [3.8, 4) is 0 Å². The van der Waals surface area contributed by atoms with Crippen molar-refractivity contribution >= 4 is 19.8 Å². The zero-order valence-corrected chi connectivity index (χ0v) is 51.7. The Hall–Kier alpha value is -3.33. The average Bonchev–Trinajstić information content (AvgIpc) is 3.44. The molecule has 0 spiro atoms. The van der Waals surface area contributed by atoms with Crippen molar-refractivity contribution < 1.29 is 37.6 Å². The molecule has 0 radical (unpaired) electrons. The molecular weight excluding hydrogens is 1000 g/mol. The summed E-state index contributed by atoms with van der Waals surface area (Å²) in [4.78, 5) is 35.3. The maximum Gasteiger partial charge on any atom is 0.472 e. The molecule has 0 aromatic rings. The first-order chi connectivity index (χ1) is 38.8. The topological polar surface area (TPSA) is 134 Å². The molecule has 0 heterocycles. The number of unbranched alkanes of at least 4 members (excludes halogenated alkanes) is 29. The Kier molecular flexibility index (Phi) is 61.2. The molecule has 2 unspecified atom stereocenters. The van der Waals surface area contributed by atoms with Crippen molar-refractivity contribution in [3.05, 3.63) is 109 Å². The third-order valence-electron chi connectivity index (χ3n) is 13.6. The number of rotatable bonds is 60. The SMILES string of the molecule is CC/C=C\C/C=C\C/C=C\C/C=C\C/C=C\C/C=C\C/C=C\CCCCCC(=O)OC(COC(=O)CCCCCCCCCCCCCCCCCCCCCCC/C=C\C/C=C\CCCCCCC)COP(=O)(O)OCCN. The van der Waals surface area contributed by atoms with Crippen molar-refractivity contribution in [2.75, 3.05) is 26.4 Å². The lowest BCUT2D eigenvalue weighted by Crippen LogP contribution is -2.29. The summed E-state index contributed by atoms with van der Waals surface area (Å²) in [6.45, 7) is 3.60. The number of phosphoric ester groups is 1. The number of phosphoric acid groups is 1. The highest BCUT2D eigenvalue weighted by Gasteiger charge is 2.26. The molecule has 79 heavy (non-hydrogen) atoms. The molecule has 3 N–H and O–H groups in total. The molecule has 0 saturated heterocycles. The summed E-state index contributed by atoms with van der Waals surface area (Å²) in [7, 11) is -4.41. The number of hydrogen-bond donors (Lipinski definition) is 2. The molecule has 454 valence electrons. The minimum absolute atomic E-state index is 0.0430. The fourth-order valence-electron chi connectivity index (χ4n) is 8.88. The highest BCUT2D eigenvalue weighted by atomic mass is 31.2. The van der Waals surface area contributed by atoms with Crippen molar-refractivity contribution in [2.24, 2.45) is 5.73 Å². The number of allylic oxidation sites excluding steroid dienone is 18. The van der Waals surface area contributed by atoms with Crippen molar-refractivity contribution in [3.63, 3.8) is 0 Å². The Morgan fingerprint density at radius 3 is 1.05 bits per heavy atom. The van der Waals surface area contributed by atoms with E-state index in [1.54, 1.807) is 0 Å². The van der Waals surface area contributed by atoms with E-state index in [0.29, 0.717) is 6.42 Å². The van der Waals surface area contributed by atoms with Gasteiger partial charge in [-0.05, 0) is 103 Å². The number of ether oxygens (including phenoxy) is 2. The van der Waals surface area contributed by atoms with E-state index in [2.05, 4.69) is 123 Å². The fraction of sp³-hybridized carbons (Fsp3) is 0.710. The molecule has 0 aliphatic rings. The van der Waals surface area contributed by atoms with Crippen molar-refractivity contribution in [1.29, 1.82) is 0 Å². The van der Waals surface area contributed by atoms with Gasteiger partial charge >= 0.3 is 19.8 Å². The molecule has 0 saturated carbocycles. The number of nitrogens with two attached hydrogens (primary N) is 1. The Morgan fingerprint density at radius 2 is 0.696 bits per heavy atom. The van der Waals surface area contributed by atoms with Crippen LogP contribution < -0.4 is 5.73 Å². The van der Waals surface area contributed by atoms with Gasteiger partial charge in [-0.1, -0.05) is 277 Å². The molecule has 0 fully saturated rings. The predicted molar refractivity (Wildman–Crippen MR) is 339 cm³/mol. The van der Waals surface area contributed by atoms with Gasteiger partial charge in [-0.15, -0.1) is 0 Å². The molecule has 0 aromatic heterocycles. The smallest absolute Gasteiger partial charge is 0.462 e. The van der Waals surface area contributed by atoms with Crippen LogP contribution in [0.4, 0.5) is 0 Å². The Bertz CT molecular complexity index is 1660. The monoisotopic (exact) mass is 1120 g/mol. The van der Waals surface area contributed by atoms with Gasteiger partial charge in [-0.3, -0.25) is 18.6 Å². The van der Waals surface area contributed by atoms with E-state index in [1.165, 1.54) is 161 Å². The minimum Gasteiger partial charge on any atom is -0.462 e. The molecule has 10 heteroatoms. The predicted octanol–water partition coefficient (Wildman–Crippen LogP) is 21.0.